The Bertz CT molecular complexity index is 439. The van der Waals surface area contributed by atoms with Gasteiger partial charge in [-0.1, -0.05) is 22.0 Å². The van der Waals surface area contributed by atoms with Gasteiger partial charge in [0.2, 0.25) is 0 Å². The van der Waals surface area contributed by atoms with Gasteiger partial charge in [-0.15, -0.1) is 11.8 Å². The van der Waals surface area contributed by atoms with E-state index in [1.54, 1.807) is 11.8 Å². The van der Waals surface area contributed by atoms with Crippen molar-refractivity contribution in [2.24, 2.45) is 5.92 Å². The summed E-state index contributed by atoms with van der Waals surface area (Å²) in [5, 5.41) is 12.6. The minimum absolute atomic E-state index is 0.354. The van der Waals surface area contributed by atoms with Crippen LogP contribution in [0.15, 0.2) is 33.6 Å². The average Bonchev–Trinajstić information content (AvgIpc) is 3.16. The molecule has 17 heavy (non-hydrogen) atoms. The molecule has 90 valence electrons. The van der Waals surface area contributed by atoms with Crippen LogP contribution in [0.3, 0.4) is 0 Å². The zero-order valence-electron chi connectivity index (χ0n) is 9.74. The molecule has 1 fully saturated rings. The van der Waals surface area contributed by atoms with E-state index in [-0.39, 0.29) is 5.54 Å². The van der Waals surface area contributed by atoms with Crippen molar-refractivity contribution in [3.8, 4) is 6.07 Å². The van der Waals surface area contributed by atoms with Crippen molar-refractivity contribution in [1.29, 1.82) is 5.26 Å². The highest BCUT2D eigenvalue weighted by Gasteiger charge is 2.44. The lowest BCUT2D eigenvalue weighted by Crippen LogP contribution is -2.46. The van der Waals surface area contributed by atoms with Crippen LogP contribution in [-0.4, -0.2) is 18.3 Å². The highest BCUT2D eigenvalue weighted by Crippen LogP contribution is 2.42. The molecule has 1 aliphatic rings. The van der Waals surface area contributed by atoms with Gasteiger partial charge < -0.3 is 5.32 Å². The fraction of sp³-hybridized carbons (Fsp3) is 0.462. The van der Waals surface area contributed by atoms with E-state index in [9.17, 15) is 5.26 Å². The number of hydrogen-bond acceptors (Lipinski definition) is 3. The standard InChI is InChI=1S/C13H15BrN2S/c1-16-13(8-15,10-5-6-10)9-17-12-4-2-3-11(14)7-12/h2-4,7,10,16H,5-6,9H2,1H3. The molecule has 0 radical (unpaired) electrons. The molecule has 1 aromatic carbocycles. The van der Waals surface area contributed by atoms with Gasteiger partial charge in [-0.3, -0.25) is 0 Å². The second-order valence-electron chi connectivity index (χ2n) is 4.35. The normalized spacial score (nSPS) is 18.4. The number of hydrogen-bond donors (Lipinski definition) is 1. The summed E-state index contributed by atoms with van der Waals surface area (Å²) in [7, 11) is 1.89. The minimum Gasteiger partial charge on any atom is -0.302 e. The molecule has 2 nitrogen and oxygen atoms in total. The molecule has 1 saturated carbocycles. The first-order chi connectivity index (χ1) is 8.20. The van der Waals surface area contributed by atoms with E-state index in [4.69, 9.17) is 0 Å². The molecule has 0 saturated heterocycles. The Morgan fingerprint density at radius 3 is 2.88 bits per heavy atom. The molecule has 4 heteroatoms. The first kappa shape index (κ1) is 12.9. The summed E-state index contributed by atoms with van der Waals surface area (Å²) in [6.07, 6.45) is 2.35. The highest BCUT2D eigenvalue weighted by atomic mass is 79.9. The topological polar surface area (TPSA) is 35.8 Å². The number of rotatable bonds is 5. The second kappa shape index (κ2) is 5.43. The maximum Gasteiger partial charge on any atom is 0.118 e. The number of thioether (sulfide) groups is 1. The van der Waals surface area contributed by atoms with Gasteiger partial charge in [0.15, 0.2) is 0 Å². The van der Waals surface area contributed by atoms with Crippen LogP contribution in [-0.2, 0) is 0 Å². The molecule has 0 aromatic heterocycles. The largest absolute Gasteiger partial charge is 0.302 e. The minimum atomic E-state index is -0.354. The molecular weight excluding hydrogens is 296 g/mol. The van der Waals surface area contributed by atoms with Crippen LogP contribution in [0.1, 0.15) is 12.8 Å². The first-order valence-electron chi connectivity index (χ1n) is 5.69. The van der Waals surface area contributed by atoms with Crippen molar-refractivity contribution in [3.05, 3.63) is 28.7 Å². The average molecular weight is 311 g/mol. The Morgan fingerprint density at radius 2 is 2.35 bits per heavy atom. The number of halogens is 1. The lowest BCUT2D eigenvalue weighted by Gasteiger charge is -2.25. The van der Waals surface area contributed by atoms with E-state index in [0.29, 0.717) is 5.92 Å². The fourth-order valence-electron chi connectivity index (χ4n) is 1.90. The number of nitrogens with one attached hydrogen (secondary N) is 1. The summed E-state index contributed by atoms with van der Waals surface area (Å²) < 4.78 is 1.08. The molecule has 1 N–H and O–H groups in total. The van der Waals surface area contributed by atoms with Crippen LogP contribution in [0.2, 0.25) is 0 Å². The highest BCUT2D eigenvalue weighted by molar-refractivity contribution is 9.10. The third-order valence-electron chi connectivity index (χ3n) is 3.18. The Labute approximate surface area is 115 Å². The van der Waals surface area contributed by atoms with Crippen LogP contribution in [0.4, 0.5) is 0 Å². The Kier molecular flexibility index (Phi) is 4.13. The van der Waals surface area contributed by atoms with Gasteiger partial charge in [-0.05, 0) is 44.0 Å². The molecule has 2 rings (SSSR count). The second-order valence-corrected chi connectivity index (χ2v) is 6.32. The van der Waals surface area contributed by atoms with E-state index < -0.39 is 0 Å². The molecular formula is C13H15BrN2S. The Hall–Kier alpha value is -0.500. The monoisotopic (exact) mass is 310 g/mol. The van der Waals surface area contributed by atoms with Crippen molar-refractivity contribution in [1.82, 2.24) is 5.32 Å². The molecule has 1 aromatic rings. The molecule has 0 aliphatic heterocycles. The van der Waals surface area contributed by atoms with Gasteiger partial charge in [-0.25, -0.2) is 0 Å². The van der Waals surface area contributed by atoms with Gasteiger partial charge in [-0.2, -0.15) is 5.26 Å². The SMILES string of the molecule is CNC(C#N)(CSc1cccc(Br)c1)C1CC1. The number of nitriles is 1. The molecule has 0 heterocycles. The third kappa shape index (κ3) is 3.04. The number of nitrogens with zero attached hydrogens (tertiary/aromatic N) is 1. The summed E-state index contributed by atoms with van der Waals surface area (Å²) >= 11 is 5.21. The summed E-state index contributed by atoms with van der Waals surface area (Å²) in [5.41, 5.74) is -0.354. The van der Waals surface area contributed by atoms with E-state index >= 15 is 0 Å². The van der Waals surface area contributed by atoms with Gasteiger partial charge in [0, 0.05) is 15.1 Å². The lowest BCUT2D eigenvalue weighted by molar-refractivity contribution is 0.441. The maximum atomic E-state index is 9.38. The van der Waals surface area contributed by atoms with Crippen LogP contribution in [0, 0.1) is 17.2 Å². The van der Waals surface area contributed by atoms with E-state index in [0.717, 1.165) is 10.2 Å². The van der Waals surface area contributed by atoms with Crippen molar-refractivity contribution >= 4 is 27.7 Å². The summed E-state index contributed by atoms with van der Waals surface area (Å²) in [6, 6.07) is 10.7. The predicted octanol–water partition coefficient (Wildman–Crippen LogP) is 3.43. The van der Waals surface area contributed by atoms with E-state index in [1.807, 2.05) is 19.2 Å². The quantitative estimate of drug-likeness (QED) is 0.846. The smallest absolute Gasteiger partial charge is 0.118 e. The lowest BCUT2D eigenvalue weighted by atomic mass is 9.98. The Balaban J connectivity index is 2.03. The van der Waals surface area contributed by atoms with Crippen LogP contribution < -0.4 is 5.32 Å². The van der Waals surface area contributed by atoms with E-state index in [2.05, 4.69) is 39.4 Å². The van der Waals surface area contributed by atoms with Gasteiger partial charge in [0.05, 0.1) is 6.07 Å². The van der Waals surface area contributed by atoms with Crippen LogP contribution in [0.5, 0.6) is 0 Å². The maximum absolute atomic E-state index is 9.38. The molecule has 0 amide bonds. The van der Waals surface area contributed by atoms with Crippen LogP contribution >= 0.6 is 27.7 Å². The van der Waals surface area contributed by atoms with E-state index in [1.165, 1.54) is 17.7 Å². The molecule has 1 unspecified atom stereocenters. The predicted molar refractivity (Wildman–Crippen MR) is 75.0 cm³/mol. The molecule has 0 spiro atoms. The summed E-state index contributed by atoms with van der Waals surface area (Å²) in [5.74, 6) is 1.33. The van der Waals surface area contributed by atoms with Crippen molar-refractivity contribution in [2.75, 3.05) is 12.8 Å². The van der Waals surface area contributed by atoms with Crippen molar-refractivity contribution < 1.29 is 0 Å². The zero-order chi connectivity index (χ0) is 12.3. The van der Waals surface area contributed by atoms with Gasteiger partial charge >= 0.3 is 0 Å². The Morgan fingerprint density at radius 1 is 1.59 bits per heavy atom. The molecule has 1 aliphatic carbocycles. The van der Waals surface area contributed by atoms with Gasteiger partial charge in [0.1, 0.15) is 5.54 Å². The van der Waals surface area contributed by atoms with Crippen LogP contribution in [0.25, 0.3) is 0 Å². The molecule has 0 bridgehead atoms. The van der Waals surface area contributed by atoms with Crippen molar-refractivity contribution in [2.45, 2.75) is 23.3 Å². The first-order valence-corrected chi connectivity index (χ1v) is 7.46. The number of benzene rings is 1. The summed E-state index contributed by atoms with van der Waals surface area (Å²) in [6.45, 7) is 0. The zero-order valence-corrected chi connectivity index (χ0v) is 12.1. The van der Waals surface area contributed by atoms with Gasteiger partial charge in [0.25, 0.3) is 0 Å². The molecule has 1 atom stereocenters. The van der Waals surface area contributed by atoms with Crippen molar-refractivity contribution in [3.63, 3.8) is 0 Å². The summed E-state index contributed by atoms with van der Waals surface area (Å²) in [4.78, 5) is 1.20. The third-order valence-corrected chi connectivity index (χ3v) is 4.86. The fourth-order valence-corrected chi connectivity index (χ4v) is 3.68.